The standard InChI is InChI=1S/C6H6O5S/c7-5-3-1-2-4-6(5)11-12(8,9)10/h1-4,7H,(H,8,9,10)/p-1. The topological polar surface area (TPSA) is 86.7 Å². The molecule has 0 radical (unpaired) electrons. The first-order valence-corrected chi connectivity index (χ1v) is 4.26. The second kappa shape index (κ2) is 3.00. The van der Waals surface area contributed by atoms with E-state index in [-0.39, 0.29) is 5.75 Å². The van der Waals surface area contributed by atoms with E-state index in [4.69, 9.17) is 5.11 Å². The highest BCUT2D eigenvalue weighted by molar-refractivity contribution is 7.81. The molecule has 0 heterocycles. The van der Waals surface area contributed by atoms with Gasteiger partial charge in [-0.1, -0.05) is 12.1 Å². The van der Waals surface area contributed by atoms with Gasteiger partial charge in [-0.05, 0) is 12.1 Å². The third-order valence-corrected chi connectivity index (χ3v) is 1.44. The largest absolute Gasteiger partial charge is 0.716 e. The van der Waals surface area contributed by atoms with Crippen molar-refractivity contribution in [3.8, 4) is 11.5 Å². The first-order chi connectivity index (χ1) is 5.49. The Morgan fingerprint density at radius 2 is 1.92 bits per heavy atom. The molecule has 0 saturated carbocycles. The number of rotatable bonds is 2. The molecule has 66 valence electrons. The second-order valence-corrected chi connectivity index (χ2v) is 2.94. The van der Waals surface area contributed by atoms with Crippen molar-refractivity contribution >= 4 is 10.4 Å². The molecule has 0 atom stereocenters. The summed E-state index contributed by atoms with van der Waals surface area (Å²) in [5.41, 5.74) is 0. The van der Waals surface area contributed by atoms with E-state index in [2.05, 4.69) is 4.18 Å². The summed E-state index contributed by atoms with van der Waals surface area (Å²) in [6.45, 7) is 0. The number of benzene rings is 1. The number of hydrogen-bond acceptors (Lipinski definition) is 5. The van der Waals surface area contributed by atoms with Crippen LogP contribution in [0.2, 0.25) is 0 Å². The quantitative estimate of drug-likeness (QED) is 0.531. The van der Waals surface area contributed by atoms with Gasteiger partial charge in [0.25, 0.3) is 10.4 Å². The van der Waals surface area contributed by atoms with Crippen LogP contribution in [0.15, 0.2) is 24.3 Å². The van der Waals surface area contributed by atoms with E-state index in [0.29, 0.717) is 0 Å². The fourth-order valence-electron chi connectivity index (χ4n) is 0.638. The lowest BCUT2D eigenvalue weighted by molar-refractivity contribution is 0.359. The van der Waals surface area contributed by atoms with Crippen molar-refractivity contribution in [2.24, 2.45) is 0 Å². The van der Waals surface area contributed by atoms with Crippen LogP contribution >= 0.6 is 0 Å². The lowest BCUT2D eigenvalue weighted by atomic mass is 10.3. The van der Waals surface area contributed by atoms with Crippen LogP contribution in [0.5, 0.6) is 11.5 Å². The van der Waals surface area contributed by atoms with Gasteiger partial charge >= 0.3 is 0 Å². The molecule has 0 aliphatic heterocycles. The summed E-state index contributed by atoms with van der Waals surface area (Å²) in [6.07, 6.45) is 0. The molecule has 0 fully saturated rings. The van der Waals surface area contributed by atoms with Crippen LogP contribution in [0.3, 0.4) is 0 Å². The zero-order chi connectivity index (χ0) is 9.19. The summed E-state index contributed by atoms with van der Waals surface area (Å²) in [5.74, 6) is -0.760. The van der Waals surface area contributed by atoms with Crippen LogP contribution in [-0.4, -0.2) is 18.1 Å². The minimum atomic E-state index is -4.81. The Balaban J connectivity index is 2.98. The second-order valence-electron chi connectivity index (χ2n) is 1.96. The average Bonchev–Trinajstić information content (AvgIpc) is 1.91. The van der Waals surface area contributed by atoms with E-state index in [9.17, 15) is 13.0 Å². The van der Waals surface area contributed by atoms with Crippen molar-refractivity contribution in [2.45, 2.75) is 0 Å². The molecule has 0 aromatic heterocycles. The van der Waals surface area contributed by atoms with Gasteiger partial charge in [0.2, 0.25) is 0 Å². The molecular weight excluding hydrogens is 184 g/mol. The highest BCUT2D eigenvalue weighted by atomic mass is 32.3. The van der Waals surface area contributed by atoms with Crippen LogP contribution in [-0.2, 0) is 10.4 Å². The Labute approximate surface area is 69.2 Å². The van der Waals surface area contributed by atoms with Crippen LogP contribution in [0.1, 0.15) is 0 Å². The van der Waals surface area contributed by atoms with Crippen LogP contribution in [0, 0.1) is 0 Å². The predicted molar refractivity (Wildman–Crippen MR) is 38.4 cm³/mol. The number of phenolic OH excluding ortho intramolecular Hbond substituents is 1. The van der Waals surface area contributed by atoms with Crippen molar-refractivity contribution < 1.29 is 22.3 Å². The van der Waals surface area contributed by atoms with E-state index >= 15 is 0 Å². The van der Waals surface area contributed by atoms with Crippen LogP contribution < -0.4 is 4.18 Å². The third-order valence-electron chi connectivity index (χ3n) is 1.06. The molecule has 0 saturated heterocycles. The van der Waals surface area contributed by atoms with Gasteiger partial charge < -0.3 is 13.8 Å². The van der Waals surface area contributed by atoms with Gasteiger partial charge in [-0.2, -0.15) is 0 Å². The summed E-state index contributed by atoms with van der Waals surface area (Å²) < 4.78 is 34.1. The number of para-hydroxylation sites is 2. The Hall–Kier alpha value is -1.27. The zero-order valence-electron chi connectivity index (χ0n) is 5.80. The maximum atomic E-state index is 10.1. The minimum absolute atomic E-state index is 0.368. The summed E-state index contributed by atoms with van der Waals surface area (Å²) in [5, 5.41) is 8.95. The summed E-state index contributed by atoms with van der Waals surface area (Å²) >= 11 is 0. The Kier molecular flexibility index (Phi) is 2.20. The Morgan fingerprint density at radius 3 is 2.42 bits per heavy atom. The van der Waals surface area contributed by atoms with Gasteiger partial charge in [-0.15, -0.1) is 0 Å². The third kappa shape index (κ3) is 2.40. The highest BCUT2D eigenvalue weighted by Crippen LogP contribution is 2.25. The van der Waals surface area contributed by atoms with Crippen LogP contribution in [0.4, 0.5) is 0 Å². The molecule has 1 rings (SSSR count). The molecular formula is C6H5O5S-. The van der Waals surface area contributed by atoms with E-state index < -0.39 is 16.1 Å². The van der Waals surface area contributed by atoms with E-state index in [0.717, 1.165) is 0 Å². The monoisotopic (exact) mass is 189 g/mol. The maximum Gasteiger partial charge on any atom is 0.262 e. The molecule has 0 aliphatic rings. The number of phenols is 1. The smallest absolute Gasteiger partial charge is 0.262 e. The lowest BCUT2D eigenvalue weighted by Gasteiger charge is -2.09. The van der Waals surface area contributed by atoms with Crippen molar-refractivity contribution in [3.63, 3.8) is 0 Å². The number of hydrogen-bond donors (Lipinski definition) is 1. The molecule has 0 amide bonds. The van der Waals surface area contributed by atoms with Gasteiger partial charge in [0, 0.05) is 0 Å². The van der Waals surface area contributed by atoms with Gasteiger partial charge in [-0.25, -0.2) is 8.42 Å². The van der Waals surface area contributed by atoms with Crippen molar-refractivity contribution in [3.05, 3.63) is 24.3 Å². The molecule has 1 aromatic carbocycles. The first-order valence-electron chi connectivity index (χ1n) is 2.92. The van der Waals surface area contributed by atoms with E-state index in [1.807, 2.05) is 0 Å². The van der Waals surface area contributed by atoms with Crippen LogP contribution in [0.25, 0.3) is 0 Å². The molecule has 1 N–H and O–H groups in total. The predicted octanol–water partition coefficient (Wildman–Crippen LogP) is 0.231. The number of aromatic hydroxyl groups is 1. The van der Waals surface area contributed by atoms with Crippen molar-refractivity contribution in [2.75, 3.05) is 0 Å². The molecule has 0 unspecified atom stereocenters. The lowest BCUT2D eigenvalue weighted by Crippen LogP contribution is -2.06. The molecule has 5 nitrogen and oxygen atoms in total. The fraction of sp³-hybridized carbons (Fsp3) is 0. The summed E-state index contributed by atoms with van der Waals surface area (Å²) in [6, 6.07) is 5.28. The van der Waals surface area contributed by atoms with Gasteiger partial charge in [-0.3, -0.25) is 0 Å². The molecule has 12 heavy (non-hydrogen) atoms. The van der Waals surface area contributed by atoms with E-state index in [1.54, 1.807) is 0 Å². The van der Waals surface area contributed by atoms with Gasteiger partial charge in [0.1, 0.15) is 0 Å². The fourth-order valence-corrected chi connectivity index (χ4v) is 0.998. The van der Waals surface area contributed by atoms with Crippen molar-refractivity contribution in [1.82, 2.24) is 0 Å². The molecule has 0 spiro atoms. The molecule has 0 bridgehead atoms. The van der Waals surface area contributed by atoms with Gasteiger partial charge in [0.05, 0.1) is 0 Å². The SMILES string of the molecule is O=S(=O)([O-])Oc1ccccc1O. The normalized spacial score (nSPS) is 11.1. The summed E-state index contributed by atoms with van der Waals surface area (Å²) in [4.78, 5) is 0. The Bertz CT molecular complexity index is 369. The maximum absolute atomic E-state index is 10.1. The highest BCUT2D eigenvalue weighted by Gasteiger charge is 2.03. The molecule has 1 aromatic rings. The Morgan fingerprint density at radius 1 is 1.33 bits per heavy atom. The minimum Gasteiger partial charge on any atom is -0.716 e. The zero-order valence-corrected chi connectivity index (χ0v) is 6.61. The molecule has 0 aliphatic carbocycles. The summed E-state index contributed by atoms with van der Waals surface area (Å²) in [7, 11) is -4.81. The average molecular weight is 189 g/mol. The molecule has 6 heteroatoms. The van der Waals surface area contributed by atoms with Gasteiger partial charge in [0.15, 0.2) is 11.5 Å². The first kappa shape index (κ1) is 8.82. The van der Waals surface area contributed by atoms with E-state index in [1.165, 1.54) is 24.3 Å². The van der Waals surface area contributed by atoms with Crippen molar-refractivity contribution in [1.29, 1.82) is 0 Å².